The van der Waals surface area contributed by atoms with Crippen LogP contribution in [0.5, 0.6) is 0 Å². The summed E-state index contributed by atoms with van der Waals surface area (Å²) in [6, 6.07) is 12.7. The number of anilines is 1. The van der Waals surface area contributed by atoms with Crippen LogP contribution in [0, 0.1) is 0 Å². The molecule has 0 saturated heterocycles. The van der Waals surface area contributed by atoms with Gasteiger partial charge in [0.05, 0.1) is 5.69 Å². The van der Waals surface area contributed by atoms with Gasteiger partial charge in [-0.3, -0.25) is 4.79 Å². The van der Waals surface area contributed by atoms with Crippen molar-refractivity contribution in [2.45, 2.75) is 0 Å². The molecular formula is C15H12N4O. The Morgan fingerprint density at radius 2 is 1.65 bits per heavy atom. The van der Waals surface area contributed by atoms with E-state index < -0.39 is 0 Å². The number of pyridine rings is 1. The Morgan fingerprint density at radius 3 is 2.30 bits per heavy atom. The summed E-state index contributed by atoms with van der Waals surface area (Å²) < 4.78 is 1.87. The normalized spacial score (nSPS) is 10.4. The van der Waals surface area contributed by atoms with Crippen molar-refractivity contribution < 1.29 is 0 Å². The van der Waals surface area contributed by atoms with Crippen LogP contribution in [0.25, 0.3) is 16.9 Å². The highest BCUT2D eigenvalue weighted by Crippen LogP contribution is 2.19. The Labute approximate surface area is 115 Å². The average Bonchev–Trinajstić information content (AvgIpc) is 2.48. The van der Waals surface area contributed by atoms with Crippen LogP contribution < -0.4 is 11.2 Å². The maximum absolute atomic E-state index is 11.1. The minimum atomic E-state index is -0.00525. The third kappa shape index (κ3) is 2.42. The van der Waals surface area contributed by atoms with Crippen LogP contribution in [-0.4, -0.2) is 14.5 Å². The molecule has 20 heavy (non-hydrogen) atoms. The summed E-state index contributed by atoms with van der Waals surface area (Å²) in [5, 5.41) is 0. The van der Waals surface area contributed by atoms with E-state index in [1.165, 1.54) is 12.1 Å². The minimum Gasteiger partial charge on any atom is -0.368 e. The highest BCUT2D eigenvalue weighted by atomic mass is 16.1. The van der Waals surface area contributed by atoms with Crippen molar-refractivity contribution in [1.82, 2.24) is 14.5 Å². The van der Waals surface area contributed by atoms with Crippen LogP contribution in [0.2, 0.25) is 0 Å². The van der Waals surface area contributed by atoms with Gasteiger partial charge in [-0.25, -0.2) is 9.97 Å². The lowest BCUT2D eigenvalue weighted by molar-refractivity contribution is 1.04. The smallest absolute Gasteiger partial charge is 0.220 e. The van der Waals surface area contributed by atoms with Gasteiger partial charge in [-0.1, -0.05) is 12.1 Å². The number of nitrogens with two attached hydrogens (primary N) is 1. The third-order valence-corrected chi connectivity index (χ3v) is 2.93. The summed E-state index contributed by atoms with van der Waals surface area (Å²) >= 11 is 0. The van der Waals surface area contributed by atoms with Crippen LogP contribution in [0.3, 0.4) is 0 Å². The number of nitrogen functional groups attached to an aromatic ring is 1. The van der Waals surface area contributed by atoms with E-state index in [1.807, 2.05) is 34.9 Å². The van der Waals surface area contributed by atoms with E-state index in [0.717, 1.165) is 16.9 Å². The Hall–Kier alpha value is -2.95. The zero-order valence-corrected chi connectivity index (χ0v) is 10.6. The number of rotatable bonds is 2. The molecule has 0 spiro atoms. The molecule has 0 aliphatic carbocycles. The van der Waals surface area contributed by atoms with Gasteiger partial charge in [-0.05, 0) is 18.2 Å². The maximum Gasteiger partial charge on any atom is 0.220 e. The van der Waals surface area contributed by atoms with Gasteiger partial charge in [0, 0.05) is 42.0 Å². The minimum absolute atomic E-state index is 0.00525. The molecule has 0 aliphatic rings. The predicted molar refractivity (Wildman–Crippen MR) is 77.5 cm³/mol. The largest absolute Gasteiger partial charge is 0.368 e. The maximum atomic E-state index is 11.1. The van der Waals surface area contributed by atoms with Crippen LogP contribution >= 0.6 is 0 Å². The first-order valence-electron chi connectivity index (χ1n) is 6.10. The molecule has 2 heterocycles. The SMILES string of the molecule is Nc1nccc(-c2ccc(-n3ccc(=O)cc3)cc2)n1. The van der Waals surface area contributed by atoms with Crippen LogP contribution in [-0.2, 0) is 0 Å². The van der Waals surface area contributed by atoms with Gasteiger partial charge in [-0.15, -0.1) is 0 Å². The summed E-state index contributed by atoms with van der Waals surface area (Å²) in [4.78, 5) is 19.1. The average molecular weight is 264 g/mol. The molecule has 0 radical (unpaired) electrons. The first-order chi connectivity index (χ1) is 9.72. The van der Waals surface area contributed by atoms with Gasteiger partial charge in [0.2, 0.25) is 5.95 Å². The molecule has 0 saturated carbocycles. The van der Waals surface area contributed by atoms with E-state index in [4.69, 9.17) is 5.73 Å². The van der Waals surface area contributed by atoms with Gasteiger partial charge in [0.1, 0.15) is 0 Å². The molecular weight excluding hydrogens is 252 g/mol. The molecule has 0 aliphatic heterocycles. The second kappa shape index (κ2) is 4.97. The predicted octanol–water partition coefficient (Wildman–Crippen LogP) is 1.88. The highest BCUT2D eigenvalue weighted by molar-refractivity contribution is 5.61. The molecule has 5 nitrogen and oxygen atoms in total. The van der Waals surface area contributed by atoms with Crippen LogP contribution in [0.1, 0.15) is 0 Å². The molecule has 1 aromatic carbocycles. The van der Waals surface area contributed by atoms with Crippen molar-refractivity contribution in [2.75, 3.05) is 5.73 Å². The van der Waals surface area contributed by atoms with Gasteiger partial charge >= 0.3 is 0 Å². The molecule has 2 N–H and O–H groups in total. The first-order valence-corrected chi connectivity index (χ1v) is 6.10. The summed E-state index contributed by atoms with van der Waals surface area (Å²) in [7, 11) is 0. The summed E-state index contributed by atoms with van der Waals surface area (Å²) in [5.41, 5.74) is 8.28. The van der Waals surface area contributed by atoms with Gasteiger partial charge in [0.15, 0.2) is 5.43 Å². The van der Waals surface area contributed by atoms with Crippen LogP contribution in [0.15, 0.2) is 65.8 Å². The molecule has 0 amide bonds. The van der Waals surface area contributed by atoms with Crippen molar-refractivity contribution >= 4 is 5.95 Å². The summed E-state index contributed by atoms with van der Waals surface area (Å²) in [6.07, 6.45) is 5.10. The fourth-order valence-corrected chi connectivity index (χ4v) is 1.92. The molecule has 5 heteroatoms. The number of aromatic nitrogens is 3. The Bertz CT molecular complexity index is 773. The van der Waals surface area contributed by atoms with E-state index in [1.54, 1.807) is 18.6 Å². The second-order valence-corrected chi connectivity index (χ2v) is 4.29. The van der Waals surface area contributed by atoms with Gasteiger partial charge < -0.3 is 10.3 Å². The first kappa shape index (κ1) is 12.1. The highest BCUT2D eigenvalue weighted by Gasteiger charge is 2.01. The van der Waals surface area contributed by atoms with E-state index >= 15 is 0 Å². The lowest BCUT2D eigenvalue weighted by Gasteiger charge is -2.07. The van der Waals surface area contributed by atoms with E-state index in [9.17, 15) is 4.79 Å². The lowest BCUT2D eigenvalue weighted by atomic mass is 10.1. The van der Waals surface area contributed by atoms with Crippen molar-refractivity contribution in [3.05, 3.63) is 71.3 Å². The summed E-state index contributed by atoms with van der Waals surface area (Å²) in [6.45, 7) is 0. The topological polar surface area (TPSA) is 73.8 Å². The fraction of sp³-hybridized carbons (Fsp3) is 0. The molecule has 98 valence electrons. The monoisotopic (exact) mass is 264 g/mol. The Morgan fingerprint density at radius 1 is 0.950 bits per heavy atom. The van der Waals surface area contributed by atoms with Crippen molar-refractivity contribution in [2.24, 2.45) is 0 Å². The van der Waals surface area contributed by atoms with Crippen molar-refractivity contribution in [1.29, 1.82) is 0 Å². The Kier molecular flexibility index (Phi) is 3.01. The summed E-state index contributed by atoms with van der Waals surface area (Å²) in [5.74, 6) is 0.256. The molecule has 0 bridgehead atoms. The fourth-order valence-electron chi connectivity index (χ4n) is 1.92. The zero-order valence-electron chi connectivity index (χ0n) is 10.6. The van der Waals surface area contributed by atoms with E-state index in [2.05, 4.69) is 9.97 Å². The molecule has 0 fully saturated rings. The molecule has 3 aromatic rings. The quantitative estimate of drug-likeness (QED) is 0.767. The molecule has 0 unspecified atom stereocenters. The van der Waals surface area contributed by atoms with E-state index in [0.29, 0.717) is 0 Å². The van der Waals surface area contributed by atoms with Crippen molar-refractivity contribution in [3.63, 3.8) is 0 Å². The third-order valence-electron chi connectivity index (χ3n) is 2.93. The lowest BCUT2D eigenvalue weighted by Crippen LogP contribution is -2.01. The van der Waals surface area contributed by atoms with Crippen molar-refractivity contribution in [3.8, 4) is 16.9 Å². The van der Waals surface area contributed by atoms with Crippen LogP contribution in [0.4, 0.5) is 5.95 Å². The molecule has 2 aromatic heterocycles. The number of hydrogen-bond donors (Lipinski definition) is 1. The van der Waals surface area contributed by atoms with E-state index in [-0.39, 0.29) is 11.4 Å². The number of nitrogens with zero attached hydrogens (tertiary/aromatic N) is 3. The standard InChI is InChI=1S/C15H12N4O/c16-15-17-8-5-14(18-15)11-1-3-12(4-2-11)19-9-6-13(20)7-10-19/h1-10H,(H2,16,17,18). The molecule has 3 rings (SSSR count). The molecule has 0 atom stereocenters. The van der Waals surface area contributed by atoms with Gasteiger partial charge in [-0.2, -0.15) is 0 Å². The number of benzene rings is 1. The van der Waals surface area contributed by atoms with Gasteiger partial charge in [0.25, 0.3) is 0 Å². The number of hydrogen-bond acceptors (Lipinski definition) is 4. The zero-order chi connectivity index (χ0) is 13.9. The second-order valence-electron chi connectivity index (χ2n) is 4.29. The Balaban J connectivity index is 1.95.